The summed E-state index contributed by atoms with van der Waals surface area (Å²) in [5.41, 5.74) is 0. The van der Waals surface area contributed by atoms with E-state index in [-0.39, 0.29) is 25.1 Å². The lowest BCUT2D eigenvalue weighted by Gasteiger charge is -2.18. The summed E-state index contributed by atoms with van der Waals surface area (Å²) in [6.07, 6.45) is 3.07. The highest BCUT2D eigenvalue weighted by molar-refractivity contribution is 6.76. The van der Waals surface area contributed by atoms with E-state index in [1.54, 1.807) is 6.07 Å². The molecular weight excluding hydrogens is 288 g/mol. The fourth-order valence-electron chi connectivity index (χ4n) is 1.79. The third-order valence-corrected chi connectivity index (χ3v) is 4.77. The largest absolute Gasteiger partial charge is 0.361 e. The maximum Gasteiger partial charge on any atom is 0.336 e. The van der Waals surface area contributed by atoms with Crippen molar-refractivity contribution in [3.63, 3.8) is 0 Å². The van der Waals surface area contributed by atoms with Gasteiger partial charge in [-0.3, -0.25) is 9.69 Å². The van der Waals surface area contributed by atoms with Gasteiger partial charge >= 0.3 is 6.03 Å². The van der Waals surface area contributed by atoms with Crippen LogP contribution in [0.15, 0.2) is 18.5 Å². The number of carbonyl (C=O) groups excluding carboxylic acids is 2. The number of carbonyl (C=O) groups is 2. The predicted octanol–water partition coefficient (Wildman–Crippen LogP) is 1.56. The zero-order chi connectivity index (χ0) is 15.5. The first-order valence-electron chi connectivity index (χ1n) is 6.85. The number of hydrogen-bond donors (Lipinski definition) is 0. The molecule has 114 valence electrons. The molecule has 1 aromatic heterocycles. The van der Waals surface area contributed by atoms with Crippen LogP contribution in [0.3, 0.4) is 0 Å². The van der Waals surface area contributed by atoms with Crippen molar-refractivity contribution in [3.05, 3.63) is 18.5 Å². The summed E-state index contributed by atoms with van der Waals surface area (Å²) in [5.74, 6) is -0.0547. The Morgan fingerprint density at radius 1 is 1.24 bits per heavy atom. The number of urea groups is 1. The maximum absolute atomic E-state index is 12.2. The zero-order valence-electron chi connectivity index (χ0n) is 12.6. The molecule has 0 aromatic carbocycles. The lowest BCUT2D eigenvalue weighted by atomic mass is 10.6. The Kier molecular flexibility index (Phi) is 4.68. The molecule has 21 heavy (non-hydrogen) atoms. The summed E-state index contributed by atoms with van der Waals surface area (Å²) >= 11 is 0. The van der Waals surface area contributed by atoms with Crippen LogP contribution in [0.5, 0.6) is 0 Å². The van der Waals surface area contributed by atoms with Crippen LogP contribution in [-0.4, -0.2) is 54.8 Å². The second-order valence-electron chi connectivity index (χ2n) is 6.09. The van der Waals surface area contributed by atoms with Gasteiger partial charge in [-0.2, -0.15) is 0 Å². The Hall–Kier alpha value is -1.80. The molecule has 0 atom stereocenters. The molecule has 1 aliphatic heterocycles. The first-order chi connectivity index (χ1) is 9.88. The normalized spacial score (nSPS) is 16.0. The van der Waals surface area contributed by atoms with Crippen molar-refractivity contribution in [2.24, 2.45) is 0 Å². The van der Waals surface area contributed by atoms with E-state index in [0.717, 1.165) is 10.9 Å². The number of amides is 3. The van der Waals surface area contributed by atoms with Gasteiger partial charge in [0.25, 0.3) is 5.91 Å². The van der Waals surface area contributed by atoms with Crippen molar-refractivity contribution in [2.75, 3.05) is 24.8 Å². The van der Waals surface area contributed by atoms with Gasteiger partial charge in [0.1, 0.15) is 13.3 Å². The number of imide groups is 1. The summed E-state index contributed by atoms with van der Waals surface area (Å²) in [5, 5.41) is 0. The number of rotatable bonds is 6. The fourth-order valence-corrected chi connectivity index (χ4v) is 2.55. The minimum absolute atomic E-state index is 0.00845. The van der Waals surface area contributed by atoms with Crippen LogP contribution in [0.1, 0.15) is 0 Å². The highest BCUT2D eigenvalue weighted by Crippen LogP contribution is 2.16. The molecule has 0 spiro atoms. The quantitative estimate of drug-likeness (QED) is 0.453. The molecule has 2 rings (SSSR count). The molecule has 8 heteroatoms. The topological polar surface area (TPSA) is 75.6 Å². The standard InChI is InChI=1S/C13H20N4O3Si/c1-21(2,3)8-7-20-10-17-11(18)9-16(13(17)19)12-14-5-4-6-15-12/h4-6H,7-10H2,1-3H3. The minimum Gasteiger partial charge on any atom is -0.361 e. The first kappa shape index (κ1) is 15.6. The van der Waals surface area contributed by atoms with E-state index in [2.05, 4.69) is 29.6 Å². The van der Waals surface area contributed by atoms with E-state index in [1.807, 2.05) is 0 Å². The van der Waals surface area contributed by atoms with Crippen LogP contribution in [-0.2, 0) is 9.53 Å². The van der Waals surface area contributed by atoms with Crippen LogP contribution >= 0.6 is 0 Å². The Morgan fingerprint density at radius 3 is 2.52 bits per heavy atom. The van der Waals surface area contributed by atoms with E-state index < -0.39 is 14.1 Å². The average Bonchev–Trinajstić information content (AvgIpc) is 2.71. The Labute approximate surface area is 124 Å². The van der Waals surface area contributed by atoms with E-state index in [0.29, 0.717) is 6.61 Å². The number of aromatic nitrogens is 2. The highest BCUT2D eigenvalue weighted by atomic mass is 28.3. The molecule has 0 saturated carbocycles. The van der Waals surface area contributed by atoms with Crippen molar-refractivity contribution in [1.29, 1.82) is 0 Å². The third kappa shape index (κ3) is 4.08. The van der Waals surface area contributed by atoms with Gasteiger partial charge < -0.3 is 4.74 Å². The molecule has 1 fully saturated rings. The number of hydrogen-bond acceptors (Lipinski definition) is 5. The van der Waals surface area contributed by atoms with Crippen LogP contribution in [0, 0.1) is 0 Å². The van der Waals surface area contributed by atoms with Crippen molar-refractivity contribution in [3.8, 4) is 0 Å². The fraction of sp³-hybridized carbons (Fsp3) is 0.538. The molecular formula is C13H20N4O3Si. The number of ether oxygens (including phenoxy) is 1. The van der Waals surface area contributed by atoms with Crippen LogP contribution < -0.4 is 4.90 Å². The average molecular weight is 308 g/mol. The molecule has 7 nitrogen and oxygen atoms in total. The first-order valence-corrected chi connectivity index (χ1v) is 10.6. The van der Waals surface area contributed by atoms with Crippen molar-refractivity contribution < 1.29 is 14.3 Å². The van der Waals surface area contributed by atoms with Crippen LogP contribution in [0.25, 0.3) is 0 Å². The van der Waals surface area contributed by atoms with Gasteiger partial charge in [-0.25, -0.2) is 19.7 Å². The predicted molar refractivity (Wildman–Crippen MR) is 80.6 cm³/mol. The van der Waals surface area contributed by atoms with Gasteiger partial charge in [0.05, 0.1) is 0 Å². The van der Waals surface area contributed by atoms with Gasteiger partial charge in [-0.1, -0.05) is 19.6 Å². The number of nitrogens with zero attached hydrogens (tertiary/aromatic N) is 4. The summed E-state index contributed by atoms with van der Waals surface area (Å²) in [7, 11) is -1.18. The minimum atomic E-state index is -1.18. The van der Waals surface area contributed by atoms with Gasteiger partial charge in [0.15, 0.2) is 0 Å². The van der Waals surface area contributed by atoms with E-state index in [4.69, 9.17) is 4.74 Å². The molecule has 2 heterocycles. The molecule has 1 aromatic rings. The van der Waals surface area contributed by atoms with E-state index in [9.17, 15) is 9.59 Å². The summed E-state index contributed by atoms with van der Waals surface area (Å²) in [6.45, 7) is 7.26. The van der Waals surface area contributed by atoms with Crippen LogP contribution in [0.2, 0.25) is 25.7 Å². The number of anilines is 1. The zero-order valence-corrected chi connectivity index (χ0v) is 13.6. The van der Waals surface area contributed by atoms with Crippen molar-refractivity contribution in [1.82, 2.24) is 14.9 Å². The van der Waals surface area contributed by atoms with Crippen molar-refractivity contribution in [2.45, 2.75) is 25.7 Å². The molecule has 1 aliphatic rings. The smallest absolute Gasteiger partial charge is 0.336 e. The summed E-state index contributed by atoms with van der Waals surface area (Å²) in [4.78, 5) is 34.4. The van der Waals surface area contributed by atoms with Gasteiger partial charge in [-0.15, -0.1) is 0 Å². The van der Waals surface area contributed by atoms with Gasteiger partial charge in [0.2, 0.25) is 5.95 Å². The van der Waals surface area contributed by atoms with Gasteiger partial charge in [0, 0.05) is 27.1 Å². The monoisotopic (exact) mass is 308 g/mol. The molecule has 1 saturated heterocycles. The molecule has 3 amide bonds. The second-order valence-corrected chi connectivity index (χ2v) is 11.7. The lowest BCUT2D eigenvalue weighted by Crippen LogP contribution is -2.36. The molecule has 0 unspecified atom stereocenters. The Morgan fingerprint density at radius 2 is 1.90 bits per heavy atom. The van der Waals surface area contributed by atoms with E-state index >= 15 is 0 Å². The highest BCUT2D eigenvalue weighted by Gasteiger charge is 2.38. The molecule has 0 bridgehead atoms. The molecule has 0 radical (unpaired) electrons. The Bertz CT molecular complexity index is 518. The summed E-state index contributed by atoms with van der Waals surface area (Å²) in [6, 6.07) is 2.22. The summed E-state index contributed by atoms with van der Waals surface area (Å²) < 4.78 is 5.47. The van der Waals surface area contributed by atoms with Crippen molar-refractivity contribution >= 4 is 26.0 Å². The maximum atomic E-state index is 12.2. The Balaban J connectivity index is 1.90. The molecule has 0 aliphatic carbocycles. The van der Waals surface area contributed by atoms with Gasteiger partial charge in [-0.05, 0) is 12.1 Å². The van der Waals surface area contributed by atoms with E-state index in [1.165, 1.54) is 17.3 Å². The molecule has 0 N–H and O–H groups in total. The van der Waals surface area contributed by atoms with Crippen LogP contribution in [0.4, 0.5) is 10.7 Å². The second kappa shape index (κ2) is 6.31. The lowest BCUT2D eigenvalue weighted by molar-refractivity contribution is -0.128. The third-order valence-electron chi connectivity index (χ3n) is 3.07. The SMILES string of the molecule is C[Si](C)(C)CCOCN1C(=O)CN(c2ncccn2)C1=O.